The van der Waals surface area contributed by atoms with Gasteiger partial charge in [-0.05, 0) is 32.1 Å². The smallest absolute Gasteiger partial charge is 0.131 e. The zero-order valence-corrected chi connectivity index (χ0v) is 14.5. The lowest BCUT2D eigenvalue weighted by Gasteiger charge is -2.17. The number of rotatable bonds is 6. The number of anilines is 1. The molecule has 2 aromatic heterocycles. The van der Waals surface area contributed by atoms with Crippen molar-refractivity contribution in [1.82, 2.24) is 9.97 Å². The van der Waals surface area contributed by atoms with Gasteiger partial charge >= 0.3 is 0 Å². The molecule has 0 aliphatic carbocycles. The number of nitrogens with zero attached hydrogens (tertiary/aromatic N) is 5. The molecule has 0 fully saturated rings. The molecule has 0 amide bonds. The second-order valence-corrected chi connectivity index (χ2v) is 6.56. The van der Waals surface area contributed by atoms with Crippen LogP contribution in [-0.4, -0.2) is 23.1 Å². The van der Waals surface area contributed by atoms with E-state index < -0.39 is 0 Å². The molecule has 5 nitrogen and oxygen atoms in total. The van der Waals surface area contributed by atoms with Crippen LogP contribution in [-0.2, 0) is 0 Å². The highest BCUT2D eigenvalue weighted by Crippen LogP contribution is 2.25. The fraction of sp³-hybridized carbons (Fsp3) is 0.250. The average Bonchev–Trinajstić information content (AvgIpc) is 3.21. The fourth-order valence-corrected chi connectivity index (χ4v) is 3.57. The lowest BCUT2D eigenvalue weighted by atomic mass is 10.3. The number of thiazole rings is 2. The maximum Gasteiger partial charge on any atom is 0.131 e. The van der Waals surface area contributed by atoms with Gasteiger partial charge in [0, 0.05) is 24.2 Å². The first-order valence-electron chi connectivity index (χ1n) is 7.06. The summed E-state index contributed by atoms with van der Waals surface area (Å²) in [5, 5.41) is 20.4. The summed E-state index contributed by atoms with van der Waals surface area (Å²) in [5.41, 5.74) is 0.0768. The van der Waals surface area contributed by atoms with E-state index in [-0.39, 0.29) is 5.57 Å². The molecule has 0 aromatic carbocycles. The maximum absolute atomic E-state index is 8.75. The normalized spacial score (nSPS) is 10.3. The van der Waals surface area contributed by atoms with Crippen molar-refractivity contribution in [3.8, 4) is 12.1 Å². The SMILES string of the molecule is CCN(CC)c1cnc(/C=C/c2ncc(C=C(C#N)C#N)s2)s1. The molecule has 23 heavy (non-hydrogen) atoms. The van der Waals surface area contributed by atoms with E-state index in [0.29, 0.717) is 0 Å². The first-order chi connectivity index (χ1) is 11.2. The molecule has 2 rings (SSSR count). The van der Waals surface area contributed by atoms with Gasteiger partial charge in [-0.1, -0.05) is 11.3 Å². The summed E-state index contributed by atoms with van der Waals surface area (Å²) in [5.74, 6) is 0. The van der Waals surface area contributed by atoms with Crippen molar-refractivity contribution in [3.63, 3.8) is 0 Å². The highest BCUT2D eigenvalue weighted by Gasteiger charge is 2.05. The Labute approximate surface area is 143 Å². The van der Waals surface area contributed by atoms with Gasteiger partial charge in [-0.15, -0.1) is 11.3 Å². The molecule has 0 radical (unpaired) electrons. The first kappa shape index (κ1) is 16.9. The Morgan fingerprint density at radius 3 is 2.30 bits per heavy atom. The minimum Gasteiger partial charge on any atom is -0.363 e. The molecule has 0 atom stereocenters. The van der Waals surface area contributed by atoms with Gasteiger partial charge in [0.05, 0.1) is 6.20 Å². The second-order valence-electron chi connectivity index (χ2n) is 4.42. The summed E-state index contributed by atoms with van der Waals surface area (Å²) in [4.78, 5) is 11.7. The van der Waals surface area contributed by atoms with Crippen LogP contribution in [0.2, 0.25) is 0 Å². The van der Waals surface area contributed by atoms with E-state index in [0.717, 1.165) is 33.0 Å². The van der Waals surface area contributed by atoms with E-state index in [1.807, 2.05) is 30.5 Å². The van der Waals surface area contributed by atoms with Crippen LogP contribution >= 0.6 is 22.7 Å². The summed E-state index contributed by atoms with van der Waals surface area (Å²) < 4.78 is 0. The van der Waals surface area contributed by atoms with E-state index in [4.69, 9.17) is 10.5 Å². The molecule has 2 heterocycles. The highest BCUT2D eigenvalue weighted by molar-refractivity contribution is 7.16. The summed E-state index contributed by atoms with van der Waals surface area (Å²) in [6.45, 7) is 6.18. The number of allylic oxidation sites excluding steroid dienone is 1. The number of nitriles is 2. The Morgan fingerprint density at radius 1 is 1.09 bits per heavy atom. The molecule has 0 aliphatic heterocycles. The highest BCUT2D eigenvalue weighted by atomic mass is 32.1. The standard InChI is InChI=1S/C16H15N5S2/c1-3-21(4-2)16-11-20-15(23-16)6-5-14-19-10-13(22-14)7-12(8-17)9-18/h5-7,10-11H,3-4H2,1-2H3/b6-5+. The molecule has 7 heteroatoms. The monoisotopic (exact) mass is 341 g/mol. The third-order valence-electron chi connectivity index (χ3n) is 3.02. The van der Waals surface area contributed by atoms with Gasteiger partial charge in [0.1, 0.15) is 32.7 Å². The van der Waals surface area contributed by atoms with Crippen molar-refractivity contribution in [2.45, 2.75) is 13.8 Å². The van der Waals surface area contributed by atoms with Crippen molar-refractivity contribution >= 4 is 45.9 Å². The van der Waals surface area contributed by atoms with Crippen molar-refractivity contribution in [2.24, 2.45) is 0 Å². The van der Waals surface area contributed by atoms with E-state index in [1.54, 1.807) is 17.5 Å². The molecule has 2 aromatic rings. The first-order valence-corrected chi connectivity index (χ1v) is 8.70. The molecule has 0 N–H and O–H groups in total. The van der Waals surface area contributed by atoms with Gasteiger partial charge < -0.3 is 4.90 Å². The molecule has 0 saturated carbocycles. The lowest BCUT2D eigenvalue weighted by molar-refractivity contribution is 0.874. The Morgan fingerprint density at radius 2 is 1.70 bits per heavy atom. The number of hydrogen-bond donors (Lipinski definition) is 0. The Bertz CT molecular complexity index is 781. The van der Waals surface area contributed by atoms with Crippen LogP contribution < -0.4 is 4.90 Å². The summed E-state index contributed by atoms with van der Waals surface area (Å²) in [7, 11) is 0. The van der Waals surface area contributed by atoms with Gasteiger partial charge in [-0.2, -0.15) is 10.5 Å². The maximum atomic E-state index is 8.75. The predicted molar refractivity (Wildman–Crippen MR) is 95.9 cm³/mol. The largest absolute Gasteiger partial charge is 0.363 e. The molecular weight excluding hydrogens is 326 g/mol. The van der Waals surface area contributed by atoms with Gasteiger partial charge in [-0.25, -0.2) is 9.97 Å². The molecule has 0 unspecified atom stereocenters. The van der Waals surface area contributed by atoms with Crippen LogP contribution in [0.4, 0.5) is 5.00 Å². The van der Waals surface area contributed by atoms with Crippen LogP contribution in [0.5, 0.6) is 0 Å². The third kappa shape index (κ3) is 4.49. The van der Waals surface area contributed by atoms with Crippen LogP contribution in [0, 0.1) is 22.7 Å². The molecule has 0 bridgehead atoms. The lowest BCUT2D eigenvalue weighted by Crippen LogP contribution is -2.20. The van der Waals surface area contributed by atoms with Gasteiger partial charge in [0.2, 0.25) is 0 Å². The van der Waals surface area contributed by atoms with Crippen LogP contribution in [0.25, 0.3) is 18.2 Å². The molecule has 0 aliphatic rings. The van der Waals surface area contributed by atoms with Crippen LogP contribution in [0.15, 0.2) is 18.0 Å². The van der Waals surface area contributed by atoms with Gasteiger partial charge in [0.15, 0.2) is 0 Å². The quantitative estimate of drug-likeness (QED) is 0.741. The van der Waals surface area contributed by atoms with Crippen molar-refractivity contribution in [1.29, 1.82) is 10.5 Å². The topological polar surface area (TPSA) is 76.6 Å². The minimum absolute atomic E-state index is 0.0768. The minimum atomic E-state index is 0.0768. The zero-order chi connectivity index (χ0) is 16.7. The van der Waals surface area contributed by atoms with E-state index in [2.05, 4.69) is 28.7 Å². The number of hydrogen-bond acceptors (Lipinski definition) is 7. The van der Waals surface area contributed by atoms with E-state index in [1.165, 1.54) is 17.4 Å². The third-order valence-corrected chi connectivity index (χ3v) is 4.96. The fourth-order valence-electron chi connectivity index (χ4n) is 1.86. The predicted octanol–water partition coefficient (Wildman–Crippen LogP) is 4.05. The Hall–Kier alpha value is -2.48. The van der Waals surface area contributed by atoms with Crippen molar-refractivity contribution < 1.29 is 0 Å². The summed E-state index contributed by atoms with van der Waals surface area (Å²) in [6.07, 6.45) is 8.91. The Balaban J connectivity index is 2.10. The van der Waals surface area contributed by atoms with Gasteiger partial charge in [0.25, 0.3) is 0 Å². The van der Waals surface area contributed by atoms with E-state index >= 15 is 0 Å². The van der Waals surface area contributed by atoms with Crippen LogP contribution in [0.1, 0.15) is 28.7 Å². The molecule has 116 valence electrons. The molecule has 0 saturated heterocycles. The average molecular weight is 341 g/mol. The number of aromatic nitrogens is 2. The van der Waals surface area contributed by atoms with Gasteiger partial charge in [-0.3, -0.25) is 0 Å². The van der Waals surface area contributed by atoms with Crippen molar-refractivity contribution in [2.75, 3.05) is 18.0 Å². The second kappa shape index (κ2) is 8.23. The zero-order valence-electron chi connectivity index (χ0n) is 12.9. The molecule has 0 spiro atoms. The Kier molecular flexibility index (Phi) is 6.04. The van der Waals surface area contributed by atoms with E-state index in [9.17, 15) is 0 Å². The summed E-state index contributed by atoms with van der Waals surface area (Å²) in [6, 6.07) is 3.68. The molecular formula is C16H15N5S2. The van der Waals surface area contributed by atoms with Crippen molar-refractivity contribution in [3.05, 3.63) is 32.9 Å². The van der Waals surface area contributed by atoms with Crippen LogP contribution in [0.3, 0.4) is 0 Å². The summed E-state index contributed by atoms with van der Waals surface area (Å²) >= 11 is 3.06.